The van der Waals surface area contributed by atoms with Gasteiger partial charge in [-0.2, -0.15) is 0 Å². The number of rotatable bonds is 0. The first-order valence-corrected chi connectivity index (χ1v) is 10.9. The van der Waals surface area contributed by atoms with E-state index in [0.717, 1.165) is 22.3 Å². The van der Waals surface area contributed by atoms with E-state index in [9.17, 15) is 0 Å². The Balaban J connectivity index is 0.000000240. The topological polar surface area (TPSA) is 0 Å². The molecule has 0 atom stereocenters. The van der Waals surface area contributed by atoms with Crippen LogP contribution in [0.15, 0.2) is 48.5 Å². The normalized spacial score (nSPS) is 7.50. The molecule has 0 aromatic heterocycles. The molecule has 2 rings (SSSR count). The molecule has 2 aromatic carbocycles. The molecule has 0 amide bonds. The van der Waals surface area contributed by atoms with Crippen LogP contribution in [0.4, 0.5) is 0 Å². The van der Waals surface area contributed by atoms with Gasteiger partial charge in [0, 0.05) is 0 Å². The average Bonchev–Trinajstić information content (AvgIpc) is 2.60. The van der Waals surface area contributed by atoms with E-state index in [0.29, 0.717) is 0 Å². The molecule has 0 unspecified atom stereocenters. The van der Waals surface area contributed by atoms with E-state index in [1.165, 1.54) is 0 Å². The van der Waals surface area contributed by atoms with Crippen LogP contribution in [0.1, 0.15) is 22.3 Å². The Hall–Kier alpha value is -1.15. The summed E-state index contributed by atoms with van der Waals surface area (Å²) in [4.78, 5) is 0. The van der Waals surface area contributed by atoms with Crippen molar-refractivity contribution in [3.05, 3.63) is 70.8 Å². The Morgan fingerprint density at radius 2 is 0.625 bits per heavy atom. The number of hydrogen-bond acceptors (Lipinski definition) is 0. The van der Waals surface area contributed by atoms with Crippen LogP contribution in [-0.2, 0) is 0 Å². The van der Waals surface area contributed by atoms with Crippen LogP contribution >= 0.6 is 0 Å². The van der Waals surface area contributed by atoms with E-state index < -0.39 is 0 Å². The van der Waals surface area contributed by atoms with Crippen molar-refractivity contribution in [3.8, 4) is 42.7 Å². The molecule has 0 N–H and O–H groups in total. The summed E-state index contributed by atoms with van der Waals surface area (Å²) in [6.07, 6.45) is 0. The number of hydrogen-bond donors (Lipinski definition) is 0. The molecular weight excluding hydrogens is 531 g/mol. The fraction of sp³-hybridized carbons (Fsp3) is 0. The molecule has 0 saturated carbocycles. The monoisotopic (exact) mass is 544 g/mol. The molecule has 0 aliphatic heterocycles. The minimum absolute atomic E-state index is 1.01. The van der Waals surface area contributed by atoms with Crippen LogP contribution in [0.25, 0.3) is 0 Å². The summed E-state index contributed by atoms with van der Waals surface area (Å²) in [5.74, 6) is 12.0. The summed E-state index contributed by atoms with van der Waals surface area (Å²) in [6.45, 7) is 0. The van der Waals surface area contributed by atoms with Gasteiger partial charge in [-0.05, 0) is 0 Å². The van der Waals surface area contributed by atoms with E-state index in [2.05, 4.69) is 42.7 Å². The first kappa shape index (κ1) is 20.9. The SMILES string of the molecule is [Ge][C]#Cc1ccccc1C#[C][Ge].[Ge][C]#Cc1ccccc1C#[C][Ge]. The molecule has 104 valence electrons. The summed E-state index contributed by atoms with van der Waals surface area (Å²) in [6, 6.07) is 15.8. The van der Waals surface area contributed by atoms with Gasteiger partial charge in [-0.15, -0.1) is 0 Å². The zero-order valence-corrected chi connectivity index (χ0v) is 21.0. The van der Waals surface area contributed by atoms with E-state index in [1.54, 1.807) is 0 Å². The molecule has 0 saturated heterocycles. The van der Waals surface area contributed by atoms with Gasteiger partial charge < -0.3 is 0 Å². The zero-order valence-electron chi connectivity index (χ0n) is 12.6. The third kappa shape index (κ3) is 7.61. The van der Waals surface area contributed by atoms with Crippen molar-refractivity contribution in [2.75, 3.05) is 0 Å². The molecule has 0 heterocycles. The van der Waals surface area contributed by atoms with Crippen molar-refractivity contribution >= 4 is 66.1 Å². The molecule has 0 spiro atoms. The van der Waals surface area contributed by atoms with Crippen LogP contribution in [-0.4, -0.2) is 66.1 Å². The van der Waals surface area contributed by atoms with E-state index >= 15 is 0 Å². The van der Waals surface area contributed by atoms with Crippen LogP contribution in [0.3, 0.4) is 0 Å². The van der Waals surface area contributed by atoms with Crippen molar-refractivity contribution in [2.24, 2.45) is 0 Å². The Kier molecular flexibility index (Phi) is 11.5. The average molecular weight is 539 g/mol. The van der Waals surface area contributed by atoms with Gasteiger partial charge in [-0.3, -0.25) is 0 Å². The molecule has 2 aromatic rings. The minimum atomic E-state index is 1.01. The third-order valence-electron chi connectivity index (χ3n) is 2.64. The maximum absolute atomic E-state index is 3.01. The molecular formula is C20H8Ge4. The van der Waals surface area contributed by atoms with Gasteiger partial charge in [0.05, 0.1) is 0 Å². The first-order chi connectivity index (χ1) is 11.8. The number of benzene rings is 2. The summed E-state index contributed by atoms with van der Waals surface area (Å²) < 4.78 is 11.5. The fourth-order valence-electron chi connectivity index (χ4n) is 1.67. The van der Waals surface area contributed by atoms with E-state index in [-0.39, 0.29) is 0 Å². The maximum atomic E-state index is 3.01. The predicted molar refractivity (Wildman–Crippen MR) is 103 cm³/mol. The second-order valence-electron chi connectivity index (χ2n) is 4.09. The standard InChI is InChI=1S/2C10H4Ge2/c2*11-7-5-9-3-1-2-4-10(9)6-8-12/h2*1-4H. The molecule has 0 fully saturated rings. The third-order valence-corrected chi connectivity index (χ3v) is 3.69. The van der Waals surface area contributed by atoms with Gasteiger partial charge in [0.15, 0.2) is 0 Å². The second-order valence-corrected chi connectivity index (χ2v) is 6.19. The van der Waals surface area contributed by atoms with Crippen LogP contribution in [0, 0.1) is 42.7 Å². The van der Waals surface area contributed by atoms with Gasteiger partial charge in [0.1, 0.15) is 0 Å². The quantitative estimate of drug-likeness (QED) is 0.350. The second kappa shape index (κ2) is 13.2. The van der Waals surface area contributed by atoms with Crippen LogP contribution in [0.2, 0.25) is 0 Å². The first-order valence-electron chi connectivity index (χ1n) is 6.65. The van der Waals surface area contributed by atoms with Gasteiger partial charge in [0.25, 0.3) is 0 Å². The molecule has 0 aliphatic carbocycles. The molecule has 0 bridgehead atoms. The van der Waals surface area contributed by atoms with E-state index in [1.807, 2.05) is 115 Å². The van der Waals surface area contributed by atoms with Gasteiger partial charge in [0.2, 0.25) is 0 Å². The summed E-state index contributed by atoms with van der Waals surface area (Å²) in [7, 11) is 0. The summed E-state index contributed by atoms with van der Waals surface area (Å²) in [5, 5.41) is 0. The summed E-state index contributed by atoms with van der Waals surface area (Å²) in [5.41, 5.74) is 4.03. The molecule has 0 nitrogen and oxygen atoms in total. The van der Waals surface area contributed by atoms with Crippen molar-refractivity contribution in [2.45, 2.75) is 0 Å². The Bertz CT molecular complexity index is 773. The van der Waals surface area contributed by atoms with Gasteiger partial charge in [-0.1, -0.05) is 0 Å². The van der Waals surface area contributed by atoms with Crippen LogP contribution < -0.4 is 0 Å². The zero-order chi connectivity index (χ0) is 17.6. The fourth-order valence-corrected chi connectivity index (χ4v) is 2.80. The Morgan fingerprint density at radius 3 is 0.792 bits per heavy atom. The predicted octanol–water partition coefficient (Wildman–Crippen LogP) is 1.28. The van der Waals surface area contributed by atoms with Gasteiger partial charge >= 0.3 is 180 Å². The van der Waals surface area contributed by atoms with Crippen molar-refractivity contribution < 1.29 is 0 Å². The molecule has 0 aliphatic rings. The van der Waals surface area contributed by atoms with Crippen molar-refractivity contribution in [1.29, 1.82) is 0 Å². The Morgan fingerprint density at radius 1 is 0.417 bits per heavy atom. The summed E-state index contributed by atoms with van der Waals surface area (Å²) >= 11 is 7.32. The van der Waals surface area contributed by atoms with Crippen molar-refractivity contribution in [3.63, 3.8) is 0 Å². The Labute approximate surface area is 178 Å². The molecule has 12 radical (unpaired) electrons. The molecule has 24 heavy (non-hydrogen) atoms. The van der Waals surface area contributed by atoms with Crippen LogP contribution in [0.5, 0.6) is 0 Å². The molecule has 4 heteroatoms. The van der Waals surface area contributed by atoms with Gasteiger partial charge in [-0.25, -0.2) is 0 Å². The van der Waals surface area contributed by atoms with Crippen molar-refractivity contribution in [1.82, 2.24) is 0 Å². The van der Waals surface area contributed by atoms with E-state index in [4.69, 9.17) is 0 Å².